The van der Waals surface area contributed by atoms with Crippen LogP contribution in [0.2, 0.25) is 0 Å². The lowest BCUT2D eigenvalue weighted by Crippen LogP contribution is -2.25. The van der Waals surface area contributed by atoms with Crippen LogP contribution in [0.4, 0.5) is 10.5 Å². The topological polar surface area (TPSA) is 62.7 Å². The van der Waals surface area contributed by atoms with E-state index in [1.54, 1.807) is 13.3 Å². The Bertz CT molecular complexity index is 765. The summed E-state index contributed by atoms with van der Waals surface area (Å²) in [5, 5.41) is 6.95. The van der Waals surface area contributed by atoms with E-state index in [-0.39, 0.29) is 6.03 Å². The number of carbonyl (C=O) groups excluding carboxylic acids is 1. The van der Waals surface area contributed by atoms with Gasteiger partial charge in [0.1, 0.15) is 5.75 Å². The second kappa shape index (κ2) is 9.61. The average Bonchev–Trinajstić information content (AvgIpc) is 2.63. The lowest BCUT2D eigenvalue weighted by Gasteiger charge is -2.12. The molecule has 0 aliphatic heterocycles. The second-order valence-corrected chi connectivity index (χ2v) is 6.22. The van der Waals surface area contributed by atoms with Crippen molar-refractivity contribution in [2.24, 2.45) is 5.10 Å². The molecule has 0 saturated carbocycles. The number of methoxy groups -OCH3 is 1. The van der Waals surface area contributed by atoms with Gasteiger partial charge in [-0.2, -0.15) is 5.10 Å². The normalized spacial score (nSPS) is 10.8. The molecule has 0 radical (unpaired) electrons. The molecular weight excluding hydrogens is 326 g/mol. The summed E-state index contributed by atoms with van der Waals surface area (Å²) in [6.07, 6.45) is 4.75. The third kappa shape index (κ3) is 5.09. The summed E-state index contributed by atoms with van der Waals surface area (Å²) in [5.41, 5.74) is 7.43. The Morgan fingerprint density at radius 1 is 1.15 bits per heavy atom. The van der Waals surface area contributed by atoms with E-state index < -0.39 is 0 Å². The molecule has 26 heavy (non-hydrogen) atoms. The van der Waals surface area contributed by atoms with Crippen molar-refractivity contribution in [2.75, 3.05) is 12.4 Å². The van der Waals surface area contributed by atoms with Crippen LogP contribution in [0.3, 0.4) is 0 Å². The zero-order valence-electron chi connectivity index (χ0n) is 15.9. The summed E-state index contributed by atoms with van der Waals surface area (Å²) in [7, 11) is 1.67. The molecule has 2 N–H and O–H groups in total. The third-order valence-electron chi connectivity index (χ3n) is 4.26. The molecule has 5 heteroatoms. The molecule has 0 saturated heterocycles. The molecule has 0 aliphatic rings. The lowest BCUT2D eigenvalue weighted by molar-refractivity contribution is 0.252. The molecule has 2 aromatic rings. The fourth-order valence-electron chi connectivity index (χ4n) is 2.83. The average molecular weight is 353 g/mol. The Morgan fingerprint density at radius 2 is 1.85 bits per heavy atom. The van der Waals surface area contributed by atoms with E-state index in [2.05, 4.69) is 22.8 Å². The summed E-state index contributed by atoms with van der Waals surface area (Å²) < 4.78 is 5.45. The largest absolute Gasteiger partial charge is 0.496 e. The smallest absolute Gasteiger partial charge is 0.339 e. The molecule has 0 spiro atoms. The number of hydrogen-bond donors (Lipinski definition) is 2. The number of aryl methyl sites for hydroxylation is 2. The number of unbranched alkanes of at least 4 members (excludes halogenated alkanes) is 1. The second-order valence-electron chi connectivity index (χ2n) is 6.22. The van der Waals surface area contributed by atoms with Gasteiger partial charge in [0, 0.05) is 16.8 Å². The predicted molar refractivity (Wildman–Crippen MR) is 107 cm³/mol. The highest BCUT2D eigenvalue weighted by atomic mass is 16.5. The highest BCUT2D eigenvalue weighted by molar-refractivity contribution is 5.92. The summed E-state index contributed by atoms with van der Waals surface area (Å²) >= 11 is 0. The Balaban J connectivity index is 2.07. The van der Waals surface area contributed by atoms with Gasteiger partial charge in [-0.1, -0.05) is 43.7 Å². The van der Waals surface area contributed by atoms with Crippen molar-refractivity contribution in [3.8, 4) is 5.75 Å². The molecule has 2 aromatic carbocycles. The van der Waals surface area contributed by atoms with Crippen LogP contribution in [0.1, 0.15) is 42.0 Å². The quantitative estimate of drug-likeness (QED) is 0.554. The summed E-state index contributed by atoms with van der Waals surface area (Å²) in [6, 6.07) is 11.4. The molecule has 0 heterocycles. The van der Waals surface area contributed by atoms with Crippen LogP contribution in [0, 0.1) is 13.8 Å². The van der Waals surface area contributed by atoms with Crippen LogP contribution in [0.25, 0.3) is 0 Å². The number of carbonyl (C=O) groups is 1. The van der Waals surface area contributed by atoms with Crippen molar-refractivity contribution in [3.63, 3.8) is 0 Å². The maximum Gasteiger partial charge on any atom is 0.339 e. The number of para-hydroxylation sites is 1. The van der Waals surface area contributed by atoms with Crippen LogP contribution in [-0.4, -0.2) is 19.4 Å². The Hall–Kier alpha value is -2.82. The number of hydrazone groups is 1. The highest BCUT2D eigenvalue weighted by Gasteiger charge is 2.08. The molecule has 0 atom stereocenters. The fraction of sp³-hybridized carbons (Fsp3) is 0.333. The monoisotopic (exact) mass is 353 g/mol. The van der Waals surface area contributed by atoms with Gasteiger partial charge in [-0.25, -0.2) is 10.2 Å². The first-order valence-electron chi connectivity index (χ1n) is 8.89. The van der Waals surface area contributed by atoms with E-state index in [1.165, 1.54) is 0 Å². The zero-order valence-corrected chi connectivity index (χ0v) is 15.9. The number of nitrogens with one attached hydrogen (secondary N) is 2. The Kier molecular flexibility index (Phi) is 7.21. The fourth-order valence-corrected chi connectivity index (χ4v) is 2.83. The van der Waals surface area contributed by atoms with Crippen molar-refractivity contribution in [2.45, 2.75) is 40.0 Å². The van der Waals surface area contributed by atoms with Crippen molar-refractivity contribution in [1.82, 2.24) is 5.43 Å². The van der Waals surface area contributed by atoms with Gasteiger partial charge in [-0.3, -0.25) is 0 Å². The van der Waals surface area contributed by atoms with E-state index in [1.807, 2.05) is 50.2 Å². The first-order chi connectivity index (χ1) is 12.6. The molecule has 2 rings (SSSR count). The molecule has 2 amide bonds. The van der Waals surface area contributed by atoms with Gasteiger partial charge in [0.15, 0.2) is 0 Å². The van der Waals surface area contributed by atoms with Crippen LogP contribution in [0.5, 0.6) is 5.75 Å². The number of urea groups is 1. The number of rotatable bonds is 7. The van der Waals surface area contributed by atoms with E-state index in [0.717, 1.165) is 53.0 Å². The molecule has 0 unspecified atom stereocenters. The number of hydrogen-bond acceptors (Lipinski definition) is 3. The van der Waals surface area contributed by atoms with Crippen molar-refractivity contribution >= 4 is 17.9 Å². The first kappa shape index (κ1) is 19.5. The van der Waals surface area contributed by atoms with Gasteiger partial charge in [0.25, 0.3) is 0 Å². The minimum Gasteiger partial charge on any atom is -0.496 e. The van der Waals surface area contributed by atoms with Gasteiger partial charge in [-0.05, 0) is 43.9 Å². The van der Waals surface area contributed by atoms with E-state index in [9.17, 15) is 4.79 Å². The SMILES string of the molecule is CCCCc1c(C=NNC(=O)Nc2c(C)cccc2C)cccc1OC. The number of anilines is 1. The molecule has 5 nitrogen and oxygen atoms in total. The van der Waals surface area contributed by atoms with Gasteiger partial charge >= 0.3 is 6.03 Å². The third-order valence-corrected chi connectivity index (χ3v) is 4.26. The van der Waals surface area contributed by atoms with Gasteiger partial charge in [-0.15, -0.1) is 0 Å². The predicted octanol–water partition coefficient (Wildman–Crippen LogP) is 4.81. The number of ether oxygens (including phenoxy) is 1. The molecule has 0 fully saturated rings. The maximum absolute atomic E-state index is 12.1. The van der Waals surface area contributed by atoms with Gasteiger partial charge in [0.05, 0.1) is 13.3 Å². The standard InChI is InChI=1S/C21H27N3O2/c1-5-6-12-18-17(11-8-13-19(18)26-4)14-22-24-21(25)23-20-15(2)9-7-10-16(20)3/h7-11,13-14H,5-6,12H2,1-4H3,(H2,23,24,25). The number of nitrogens with zero attached hydrogens (tertiary/aromatic N) is 1. The Morgan fingerprint density at radius 3 is 2.50 bits per heavy atom. The maximum atomic E-state index is 12.1. The van der Waals surface area contributed by atoms with Crippen LogP contribution in [-0.2, 0) is 6.42 Å². The van der Waals surface area contributed by atoms with Crippen molar-refractivity contribution in [1.29, 1.82) is 0 Å². The lowest BCUT2D eigenvalue weighted by atomic mass is 10.0. The number of benzene rings is 2. The van der Waals surface area contributed by atoms with Crippen LogP contribution < -0.4 is 15.5 Å². The molecule has 0 aliphatic carbocycles. The minimum absolute atomic E-state index is 0.364. The highest BCUT2D eigenvalue weighted by Crippen LogP contribution is 2.23. The minimum atomic E-state index is -0.364. The van der Waals surface area contributed by atoms with Gasteiger partial charge < -0.3 is 10.1 Å². The first-order valence-corrected chi connectivity index (χ1v) is 8.89. The van der Waals surface area contributed by atoms with Crippen LogP contribution in [0.15, 0.2) is 41.5 Å². The van der Waals surface area contributed by atoms with E-state index >= 15 is 0 Å². The summed E-state index contributed by atoms with van der Waals surface area (Å²) in [5.74, 6) is 0.849. The number of amides is 2. The Labute approximate surface area is 155 Å². The van der Waals surface area contributed by atoms with Crippen molar-refractivity contribution < 1.29 is 9.53 Å². The van der Waals surface area contributed by atoms with E-state index in [4.69, 9.17) is 4.74 Å². The van der Waals surface area contributed by atoms with E-state index in [0.29, 0.717) is 0 Å². The summed E-state index contributed by atoms with van der Waals surface area (Å²) in [6.45, 7) is 6.08. The molecule has 0 bridgehead atoms. The van der Waals surface area contributed by atoms with Gasteiger partial charge in [0.2, 0.25) is 0 Å². The molecular formula is C21H27N3O2. The van der Waals surface area contributed by atoms with Crippen LogP contribution >= 0.6 is 0 Å². The molecule has 138 valence electrons. The van der Waals surface area contributed by atoms with Crippen molar-refractivity contribution in [3.05, 3.63) is 58.7 Å². The zero-order chi connectivity index (χ0) is 18.9. The summed E-state index contributed by atoms with van der Waals surface area (Å²) in [4.78, 5) is 12.1. The molecule has 0 aromatic heterocycles.